The van der Waals surface area contributed by atoms with Crippen LogP contribution in [0.2, 0.25) is 5.15 Å². The molecule has 0 spiro atoms. The average Bonchev–Trinajstić information content (AvgIpc) is 3.32. The maximum atomic E-state index is 11.9. The van der Waals surface area contributed by atoms with E-state index in [0.717, 1.165) is 24.1 Å². The number of aromatic nitrogens is 2. The van der Waals surface area contributed by atoms with Gasteiger partial charge in [-0.3, -0.25) is 4.79 Å². The fraction of sp³-hybridized carbons (Fsp3) is 0.364. The number of anilines is 2. The number of nitrogens with one attached hydrogen (secondary N) is 2. The number of hydrogen-bond donors (Lipinski definition) is 2. The van der Waals surface area contributed by atoms with E-state index in [1.165, 1.54) is 43.6 Å². The predicted molar refractivity (Wildman–Crippen MR) is 114 cm³/mol. The minimum atomic E-state index is -0.226. The molecule has 2 unspecified atom stereocenters. The second kappa shape index (κ2) is 7.13. The lowest BCUT2D eigenvalue weighted by Crippen LogP contribution is -2.22. The minimum Gasteiger partial charge on any atom is -0.381 e. The van der Waals surface area contributed by atoms with Crippen molar-refractivity contribution in [2.75, 3.05) is 23.3 Å². The molecule has 3 aromatic rings. The lowest BCUT2D eigenvalue weighted by molar-refractivity contribution is 0.494. The molecule has 1 aliphatic carbocycles. The van der Waals surface area contributed by atoms with E-state index in [4.69, 9.17) is 11.6 Å². The van der Waals surface area contributed by atoms with Gasteiger partial charge in [0.25, 0.3) is 5.56 Å². The van der Waals surface area contributed by atoms with Crippen molar-refractivity contribution in [3.05, 3.63) is 63.5 Å². The molecule has 1 saturated heterocycles. The van der Waals surface area contributed by atoms with Crippen LogP contribution in [0.5, 0.6) is 0 Å². The van der Waals surface area contributed by atoms with Crippen molar-refractivity contribution in [3.63, 3.8) is 0 Å². The summed E-state index contributed by atoms with van der Waals surface area (Å²) in [6.07, 6.45) is 4.16. The van der Waals surface area contributed by atoms with Crippen LogP contribution in [0.15, 0.2) is 47.3 Å². The molecular weight excluding hydrogens is 372 g/mol. The highest BCUT2D eigenvalue weighted by Crippen LogP contribution is 2.40. The second-order valence-corrected chi connectivity index (χ2v) is 8.30. The SMILES string of the molecule is O=c1[nH]nc(Cl)c2cc(NCc3ccccc3N3CC4CCCC4C3)ccc12. The Bertz CT molecular complexity index is 1070. The van der Waals surface area contributed by atoms with Crippen molar-refractivity contribution in [3.8, 4) is 0 Å². The van der Waals surface area contributed by atoms with Gasteiger partial charge in [-0.15, -0.1) is 0 Å². The maximum Gasteiger partial charge on any atom is 0.272 e. The summed E-state index contributed by atoms with van der Waals surface area (Å²) in [6, 6.07) is 14.2. The standard InChI is InChI=1S/C22H23ClN4O/c23-21-19-10-17(8-9-18(19)22(28)26-25-21)24-11-14-4-1-2-7-20(14)27-12-15-5-3-6-16(15)13-27/h1-2,4,7-10,15-16,24H,3,5-6,11-13H2,(H,26,28). The van der Waals surface area contributed by atoms with Crippen molar-refractivity contribution in [2.45, 2.75) is 25.8 Å². The van der Waals surface area contributed by atoms with Gasteiger partial charge < -0.3 is 10.2 Å². The Morgan fingerprint density at radius 1 is 1.11 bits per heavy atom. The fourth-order valence-corrected chi connectivity index (χ4v) is 5.04. The molecule has 0 radical (unpaired) electrons. The van der Waals surface area contributed by atoms with E-state index >= 15 is 0 Å². The third kappa shape index (κ3) is 3.14. The number of hydrogen-bond acceptors (Lipinski definition) is 4. The van der Waals surface area contributed by atoms with Crippen LogP contribution in [0.25, 0.3) is 10.8 Å². The van der Waals surface area contributed by atoms with Gasteiger partial charge in [0.1, 0.15) is 0 Å². The van der Waals surface area contributed by atoms with Gasteiger partial charge >= 0.3 is 0 Å². The zero-order valence-corrected chi connectivity index (χ0v) is 16.4. The first kappa shape index (κ1) is 17.6. The maximum absolute atomic E-state index is 11.9. The van der Waals surface area contributed by atoms with Gasteiger partial charge in [-0.25, -0.2) is 5.10 Å². The van der Waals surface area contributed by atoms with Crippen LogP contribution < -0.4 is 15.8 Å². The monoisotopic (exact) mass is 394 g/mol. The molecule has 2 N–H and O–H groups in total. The molecule has 2 atom stereocenters. The van der Waals surface area contributed by atoms with Gasteiger partial charge in [-0.05, 0) is 54.5 Å². The van der Waals surface area contributed by atoms with E-state index in [1.54, 1.807) is 6.07 Å². The zero-order chi connectivity index (χ0) is 19.1. The molecular formula is C22H23ClN4O. The average molecular weight is 395 g/mol. The van der Waals surface area contributed by atoms with Gasteiger partial charge in [-0.2, -0.15) is 5.10 Å². The van der Waals surface area contributed by atoms with Crippen LogP contribution in [-0.2, 0) is 6.54 Å². The van der Waals surface area contributed by atoms with Crippen LogP contribution >= 0.6 is 11.6 Å². The summed E-state index contributed by atoms with van der Waals surface area (Å²) in [5.74, 6) is 1.74. The van der Waals surface area contributed by atoms with Gasteiger partial charge in [-0.1, -0.05) is 36.2 Å². The molecule has 2 fully saturated rings. The van der Waals surface area contributed by atoms with Crippen molar-refractivity contribution in [1.82, 2.24) is 10.2 Å². The summed E-state index contributed by atoms with van der Waals surface area (Å²) in [4.78, 5) is 14.5. The Kier molecular flexibility index (Phi) is 4.47. The van der Waals surface area contributed by atoms with Crippen molar-refractivity contribution in [1.29, 1.82) is 0 Å². The predicted octanol–water partition coefficient (Wildman–Crippen LogP) is 4.42. The van der Waals surface area contributed by atoms with Crippen molar-refractivity contribution >= 4 is 33.7 Å². The Morgan fingerprint density at radius 2 is 1.89 bits per heavy atom. The third-order valence-corrected chi connectivity index (χ3v) is 6.57. The third-order valence-electron chi connectivity index (χ3n) is 6.28. The lowest BCUT2D eigenvalue weighted by Gasteiger charge is -2.23. The van der Waals surface area contributed by atoms with Crippen LogP contribution in [0.4, 0.5) is 11.4 Å². The van der Waals surface area contributed by atoms with E-state index < -0.39 is 0 Å². The van der Waals surface area contributed by atoms with E-state index in [9.17, 15) is 4.79 Å². The van der Waals surface area contributed by atoms with Crippen LogP contribution in [-0.4, -0.2) is 23.3 Å². The summed E-state index contributed by atoms with van der Waals surface area (Å²) in [5, 5.41) is 11.3. The number of benzene rings is 2. The highest BCUT2D eigenvalue weighted by atomic mass is 35.5. The summed E-state index contributed by atoms with van der Waals surface area (Å²) in [5.41, 5.74) is 3.32. The second-order valence-electron chi connectivity index (χ2n) is 7.94. The highest BCUT2D eigenvalue weighted by Gasteiger charge is 2.36. The van der Waals surface area contributed by atoms with Crippen LogP contribution in [0, 0.1) is 11.8 Å². The smallest absolute Gasteiger partial charge is 0.272 e. The zero-order valence-electron chi connectivity index (χ0n) is 15.6. The number of rotatable bonds is 4. The molecule has 2 heterocycles. The first-order valence-electron chi connectivity index (χ1n) is 9.94. The molecule has 1 saturated carbocycles. The van der Waals surface area contributed by atoms with Crippen LogP contribution in [0.3, 0.4) is 0 Å². The molecule has 5 rings (SSSR count). The van der Waals surface area contributed by atoms with Gasteiger partial charge in [0.15, 0.2) is 5.15 Å². The molecule has 2 aromatic carbocycles. The summed E-state index contributed by atoms with van der Waals surface area (Å²) < 4.78 is 0. The Hall–Kier alpha value is -2.53. The van der Waals surface area contributed by atoms with Gasteiger partial charge in [0.2, 0.25) is 0 Å². The Labute approximate surface area is 168 Å². The molecule has 1 aromatic heterocycles. The largest absolute Gasteiger partial charge is 0.381 e. The molecule has 2 aliphatic rings. The number of fused-ring (bicyclic) bond motifs is 2. The van der Waals surface area contributed by atoms with E-state index in [-0.39, 0.29) is 5.56 Å². The number of aromatic amines is 1. The van der Waals surface area contributed by atoms with E-state index in [2.05, 4.69) is 44.7 Å². The van der Waals surface area contributed by atoms with Gasteiger partial charge in [0, 0.05) is 36.4 Å². The molecule has 6 heteroatoms. The molecule has 0 bridgehead atoms. The first-order chi connectivity index (χ1) is 13.7. The molecule has 28 heavy (non-hydrogen) atoms. The van der Waals surface area contributed by atoms with Crippen molar-refractivity contribution in [2.24, 2.45) is 11.8 Å². The van der Waals surface area contributed by atoms with E-state index in [0.29, 0.717) is 15.9 Å². The number of nitrogens with zero attached hydrogens (tertiary/aromatic N) is 2. The first-order valence-corrected chi connectivity index (χ1v) is 10.3. The topological polar surface area (TPSA) is 61.0 Å². The van der Waals surface area contributed by atoms with E-state index in [1.807, 2.05) is 12.1 Å². The summed E-state index contributed by atoms with van der Waals surface area (Å²) in [6.45, 7) is 3.09. The van der Waals surface area contributed by atoms with Crippen LogP contribution in [0.1, 0.15) is 24.8 Å². The number of halogens is 1. The number of H-pyrrole nitrogens is 1. The summed E-state index contributed by atoms with van der Waals surface area (Å²) >= 11 is 6.16. The Morgan fingerprint density at radius 3 is 2.71 bits per heavy atom. The van der Waals surface area contributed by atoms with Gasteiger partial charge in [0.05, 0.1) is 5.39 Å². The summed E-state index contributed by atoms with van der Waals surface area (Å²) in [7, 11) is 0. The lowest BCUT2D eigenvalue weighted by atomic mass is 10.0. The minimum absolute atomic E-state index is 0.226. The molecule has 144 valence electrons. The molecule has 0 amide bonds. The Balaban J connectivity index is 1.37. The fourth-order valence-electron chi connectivity index (χ4n) is 4.84. The quantitative estimate of drug-likeness (QED) is 0.687. The van der Waals surface area contributed by atoms with Crippen molar-refractivity contribution < 1.29 is 0 Å². The highest BCUT2D eigenvalue weighted by molar-refractivity contribution is 6.34. The molecule has 1 aliphatic heterocycles. The normalized spacial score (nSPS) is 21.2. The number of para-hydroxylation sites is 1. The molecule has 5 nitrogen and oxygen atoms in total.